The zero-order valence-electron chi connectivity index (χ0n) is 20.6. The number of benzene rings is 1. The van der Waals surface area contributed by atoms with Gasteiger partial charge in [-0.05, 0) is 43.7 Å². The molecule has 2 aliphatic heterocycles. The van der Waals surface area contributed by atoms with Crippen LogP contribution in [0, 0.1) is 0 Å². The average molecular weight is 540 g/mol. The molecule has 11 heteroatoms. The predicted molar refractivity (Wildman–Crippen MR) is 135 cm³/mol. The molecule has 202 valence electrons. The molecule has 1 saturated carbocycles. The second kappa shape index (κ2) is 11.0. The number of piperidine rings is 1. The number of aromatic nitrogens is 2. The molecular weight excluding hydrogens is 507 g/mol. The number of rotatable bonds is 7. The number of nitrogens with two attached hydrogens (primary N) is 1. The molecule has 2 saturated heterocycles. The van der Waals surface area contributed by atoms with Crippen LogP contribution < -0.4 is 5.73 Å². The summed E-state index contributed by atoms with van der Waals surface area (Å²) >= 11 is 0. The molecule has 7 nitrogen and oxygen atoms in total. The summed E-state index contributed by atoms with van der Waals surface area (Å²) in [7, 11) is 0. The van der Waals surface area contributed by atoms with Gasteiger partial charge >= 0.3 is 6.18 Å². The zero-order chi connectivity index (χ0) is 25.4. The van der Waals surface area contributed by atoms with Crippen LogP contribution in [0.15, 0.2) is 30.5 Å². The number of alkyl halides is 3. The second-order valence-corrected chi connectivity index (χ2v) is 10.3. The van der Waals surface area contributed by atoms with E-state index in [9.17, 15) is 22.8 Å². The fourth-order valence-corrected chi connectivity index (χ4v) is 5.73. The van der Waals surface area contributed by atoms with Crippen LogP contribution >= 0.6 is 12.4 Å². The lowest BCUT2D eigenvalue weighted by molar-refractivity contribution is -0.138. The Bertz CT molecular complexity index is 1130. The number of nitrogens with zero attached hydrogens (tertiary/aromatic N) is 4. The lowest BCUT2D eigenvalue weighted by Crippen LogP contribution is -2.37. The summed E-state index contributed by atoms with van der Waals surface area (Å²) in [5, 5.41) is 4.64. The molecule has 0 spiro atoms. The third-order valence-electron chi connectivity index (χ3n) is 7.79. The Kier molecular flexibility index (Phi) is 8.18. The van der Waals surface area contributed by atoms with Crippen molar-refractivity contribution in [1.29, 1.82) is 0 Å². The van der Waals surface area contributed by atoms with Crippen LogP contribution in [0.1, 0.15) is 83.6 Å². The van der Waals surface area contributed by atoms with E-state index >= 15 is 0 Å². The maximum absolute atomic E-state index is 13.6. The van der Waals surface area contributed by atoms with Crippen molar-refractivity contribution in [3.8, 4) is 0 Å². The van der Waals surface area contributed by atoms with Crippen molar-refractivity contribution >= 4 is 24.2 Å². The first kappa shape index (κ1) is 27.4. The monoisotopic (exact) mass is 539 g/mol. The van der Waals surface area contributed by atoms with Gasteiger partial charge in [0.05, 0.1) is 29.1 Å². The molecule has 3 fully saturated rings. The van der Waals surface area contributed by atoms with Crippen molar-refractivity contribution in [1.82, 2.24) is 19.6 Å². The maximum Gasteiger partial charge on any atom is 0.416 e. The summed E-state index contributed by atoms with van der Waals surface area (Å²) in [5.41, 5.74) is 6.50. The van der Waals surface area contributed by atoms with Crippen LogP contribution in [0.5, 0.6) is 0 Å². The lowest BCUT2D eigenvalue weighted by atomic mass is 9.93. The number of carbonyl (C=O) groups excluding carboxylic acids is 2. The minimum absolute atomic E-state index is 0. The molecule has 1 aromatic heterocycles. The number of hydrogen-bond acceptors (Lipinski definition) is 4. The van der Waals surface area contributed by atoms with Crippen molar-refractivity contribution in [3.05, 3.63) is 52.8 Å². The normalized spacial score (nSPS) is 21.2. The average Bonchev–Trinajstić information content (AvgIpc) is 3.40. The Morgan fingerprint density at radius 1 is 1.00 bits per heavy atom. The first-order valence-electron chi connectivity index (χ1n) is 12.8. The molecule has 0 unspecified atom stereocenters. The number of carbonyl (C=O) groups is 2. The van der Waals surface area contributed by atoms with Gasteiger partial charge in [0.15, 0.2) is 0 Å². The van der Waals surface area contributed by atoms with E-state index in [0.717, 1.165) is 50.5 Å². The molecule has 1 aliphatic carbocycles. The van der Waals surface area contributed by atoms with Gasteiger partial charge in [0, 0.05) is 51.0 Å². The van der Waals surface area contributed by atoms with Gasteiger partial charge in [-0.15, -0.1) is 12.4 Å². The van der Waals surface area contributed by atoms with Crippen LogP contribution in [-0.2, 0) is 11.0 Å². The SMILES string of the molecule is Cl.NC(=O)CCN1CCC(n2ncc(C(=O)N3CC[C@@H](c4ccccc4C(F)(F)F)C3)c2C2CC2)CC1. The van der Waals surface area contributed by atoms with Crippen LogP contribution in [0.3, 0.4) is 0 Å². The molecule has 3 aliphatic rings. The summed E-state index contributed by atoms with van der Waals surface area (Å²) in [6, 6.07) is 5.88. The fraction of sp³-hybridized carbons (Fsp3) is 0.577. The molecule has 0 bridgehead atoms. The molecule has 2 aromatic rings. The van der Waals surface area contributed by atoms with Crippen molar-refractivity contribution in [2.24, 2.45) is 5.73 Å². The Hall–Kier alpha value is -2.59. The minimum Gasteiger partial charge on any atom is -0.370 e. The van der Waals surface area contributed by atoms with Crippen molar-refractivity contribution in [2.75, 3.05) is 32.7 Å². The summed E-state index contributed by atoms with van der Waals surface area (Å²) in [6.07, 6.45) is 1.91. The van der Waals surface area contributed by atoms with E-state index in [2.05, 4.69) is 10.00 Å². The quantitative estimate of drug-likeness (QED) is 0.567. The van der Waals surface area contributed by atoms with Gasteiger partial charge < -0.3 is 15.5 Å². The highest BCUT2D eigenvalue weighted by Gasteiger charge is 2.40. The molecule has 2 N–H and O–H groups in total. The van der Waals surface area contributed by atoms with Crippen molar-refractivity contribution in [2.45, 2.75) is 62.6 Å². The summed E-state index contributed by atoms with van der Waals surface area (Å²) < 4.78 is 42.6. The Labute approximate surface area is 220 Å². The number of likely N-dealkylation sites (tertiary alicyclic amines) is 2. The van der Waals surface area contributed by atoms with Gasteiger partial charge in [0.2, 0.25) is 5.91 Å². The highest BCUT2D eigenvalue weighted by Crippen LogP contribution is 2.44. The topological polar surface area (TPSA) is 84.5 Å². The number of amides is 2. The zero-order valence-corrected chi connectivity index (χ0v) is 21.4. The van der Waals surface area contributed by atoms with E-state index in [0.29, 0.717) is 37.4 Å². The van der Waals surface area contributed by atoms with Gasteiger partial charge in [-0.1, -0.05) is 18.2 Å². The fourth-order valence-electron chi connectivity index (χ4n) is 5.73. The highest BCUT2D eigenvalue weighted by molar-refractivity contribution is 5.95. The Morgan fingerprint density at radius 3 is 2.35 bits per heavy atom. The van der Waals surface area contributed by atoms with Crippen molar-refractivity contribution in [3.63, 3.8) is 0 Å². The first-order chi connectivity index (χ1) is 17.2. The van der Waals surface area contributed by atoms with E-state index in [1.54, 1.807) is 17.2 Å². The number of primary amides is 1. The van der Waals surface area contributed by atoms with Gasteiger partial charge in [0.25, 0.3) is 5.91 Å². The van der Waals surface area contributed by atoms with E-state index in [1.165, 1.54) is 12.1 Å². The molecule has 37 heavy (non-hydrogen) atoms. The molecule has 3 heterocycles. The van der Waals surface area contributed by atoms with E-state index in [1.807, 2.05) is 4.68 Å². The van der Waals surface area contributed by atoms with Crippen LogP contribution in [0.2, 0.25) is 0 Å². The number of halogens is 4. The molecule has 2 amide bonds. The Balaban J connectivity index is 0.00000320. The smallest absolute Gasteiger partial charge is 0.370 e. The minimum atomic E-state index is -4.41. The maximum atomic E-state index is 13.6. The lowest BCUT2D eigenvalue weighted by Gasteiger charge is -2.32. The van der Waals surface area contributed by atoms with Gasteiger partial charge in [-0.25, -0.2) is 0 Å². The van der Waals surface area contributed by atoms with Crippen LogP contribution in [0.4, 0.5) is 13.2 Å². The van der Waals surface area contributed by atoms with E-state index < -0.39 is 11.7 Å². The van der Waals surface area contributed by atoms with Crippen molar-refractivity contribution < 1.29 is 22.8 Å². The molecule has 1 aromatic carbocycles. The standard InChI is InChI=1S/C26H32F3N5O2.ClH/c27-26(28,29)22-4-2-1-3-20(22)18-7-14-33(16-18)25(36)21-15-31-34(24(21)17-5-6-17)19-8-11-32(12-9-19)13-10-23(30)35;/h1-4,15,17-19H,5-14,16H2,(H2,30,35);1H/t18-;/m1./s1. The first-order valence-corrected chi connectivity index (χ1v) is 12.8. The van der Waals surface area contributed by atoms with Gasteiger partial charge in [-0.2, -0.15) is 18.3 Å². The molecule has 1 atom stereocenters. The Morgan fingerprint density at radius 2 is 1.70 bits per heavy atom. The predicted octanol–water partition coefficient (Wildman–Crippen LogP) is 4.34. The summed E-state index contributed by atoms with van der Waals surface area (Å²) in [5.74, 6) is -0.455. The highest BCUT2D eigenvalue weighted by atomic mass is 35.5. The molecular formula is C26H33ClF3N5O2. The largest absolute Gasteiger partial charge is 0.416 e. The molecule has 5 rings (SSSR count). The van der Waals surface area contributed by atoms with Crippen LogP contribution in [-0.4, -0.2) is 64.1 Å². The molecule has 0 radical (unpaired) electrons. The second-order valence-electron chi connectivity index (χ2n) is 10.3. The summed E-state index contributed by atoms with van der Waals surface area (Å²) in [6.45, 7) is 3.06. The third-order valence-corrected chi connectivity index (χ3v) is 7.79. The number of hydrogen-bond donors (Lipinski definition) is 1. The van der Waals surface area contributed by atoms with E-state index in [4.69, 9.17) is 5.73 Å². The van der Waals surface area contributed by atoms with Crippen LogP contribution in [0.25, 0.3) is 0 Å². The summed E-state index contributed by atoms with van der Waals surface area (Å²) in [4.78, 5) is 28.6. The third kappa shape index (κ3) is 5.95. The van der Waals surface area contributed by atoms with E-state index in [-0.39, 0.29) is 48.3 Å². The van der Waals surface area contributed by atoms with Gasteiger partial charge in [0.1, 0.15) is 0 Å². The van der Waals surface area contributed by atoms with Gasteiger partial charge in [-0.3, -0.25) is 14.3 Å².